The fourth-order valence-corrected chi connectivity index (χ4v) is 3.75. The SMILES string of the molecule is CCCNCc1n[nH]c(C)c1S(=O)(=O)N(C)CC(C)CC. The van der Waals surface area contributed by atoms with Crippen molar-refractivity contribution >= 4 is 10.0 Å². The lowest BCUT2D eigenvalue weighted by atomic mass is 10.1. The van der Waals surface area contributed by atoms with E-state index < -0.39 is 10.0 Å². The van der Waals surface area contributed by atoms with Crippen molar-refractivity contribution in [2.24, 2.45) is 5.92 Å². The minimum Gasteiger partial charge on any atom is -0.311 e. The minimum absolute atomic E-state index is 0.317. The highest BCUT2D eigenvalue weighted by atomic mass is 32.2. The van der Waals surface area contributed by atoms with Gasteiger partial charge >= 0.3 is 0 Å². The van der Waals surface area contributed by atoms with Crippen molar-refractivity contribution in [1.82, 2.24) is 19.8 Å². The lowest BCUT2D eigenvalue weighted by Gasteiger charge is -2.21. The average Bonchev–Trinajstić information content (AvgIpc) is 2.80. The van der Waals surface area contributed by atoms with E-state index in [-0.39, 0.29) is 0 Å². The number of rotatable bonds is 9. The van der Waals surface area contributed by atoms with Crippen LogP contribution < -0.4 is 5.32 Å². The molecule has 1 aromatic rings. The number of hydrogen-bond donors (Lipinski definition) is 2. The molecule has 0 spiro atoms. The molecule has 1 atom stereocenters. The van der Waals surface area contributed by atoms with Crippen LogP contribution in [-0.2, 0) is 16.6 Å². The lowest BCUT2D eigenvalue weighted by Crippen LogP contribution is -2.32. The Labute approximate surface area is 128 Å². The molecule has 2 N–H and O–H groups in total. The van der Waals surface area contributed by atoms with E-state index >= 15 is 0 Å². The first-order valence-corrected chi connectivity index (χ1v) is 8.99. The second kappa shape index (κ2) is 7.91. The number of hydrogen-bond acceptors (Lipinski definition) is 4. The second-order valence-electron chi connectivity index (χ2n) is 5.60. The molecule has 7 heteroatoms. The van der Waals surface area contributed by atoms with Gasteiger partial charge in [0.15, 0.2) is 0 Å². The summed E-state index contributed by atoms with van der Waals surface area (Å²) < 4.78 is 26.9. The number of aryl methyl sites for hydroxylation is 1. The molecule has 0 aliphatic heterocycles. The van der Waals surface area contributed by atoms with Gasteiger partial charge in [-0.2, -0.15) is 5.10 Å². The largest absolute Gasteiger partial charge is 0.311 e. The summed E-state index contributed by atoms with van der Waals surface area (Å²) >= 11 is 0. The van der Waals surface area contributed by atoms with Gasteiger partial charge in [-0.3, -0.25) is 5.10 Å². The molecule has 0 saturated carbocycles. The van der Waals surface area contributed by atoms with Crippen LogP contribution in [0.2, 0.25) is 0 Å². The van der Waals surface area contributed by atoms with Gasteiger partial charge in [-0.1, -0.05) is 27.2 Å². The van der Waals surface area contributed by atoms with Crippen molar-refractivity contribution in [3.05, 3.63) is 11.4 Å². The predicted octanol–water partition coefficient (Wildman–Crippen LogP) is 1.88. The van der Waals surface area contributed by atoms with Gasteiger partial charge in [-0.05, 0) is 25.8 Å². The number of nitrogens with one attached hydrogen (secondary N) is 2. The normalized spacial score (nSPS) is 13.8. The zero-order chi connectivity index (χ0) is 16.0. The van der Waals surface area contributed by atoms with Crippen LogP contribution in [0.4, 0.5) is 0 Å². The molecule has 0 radical (unpaired) electrons. The van der Waals surface area contributed by atoms with Crippen LogP contribution >= 0.6 is 0 Å². The van der Waals surface area contributed by atoms with Gasteiger partial charge in [-0.25, -0.2) is 12.7 Å². The third-order valence-electron chi connectivity index (χ3n) is 3.61. The smallest absolute Gasteiger partial charge is 0.246 e. The molecule has 0 fully saturated rings. The molecule has 1 rings (SSSR count). The fraction of sp³-hybridized carbons (Fsp3) is 0.786. The quantitative estimate of drug-likeness (QED) is 0.682. The Hall–Kier alpha value is -0.920. The van der Waals surface area contributed by atoms with Crippen molar-refractivity contribution in [1.29, 1.82) is 0 Å². The number of aromatic nitrogens is 2. The molecule has 0 aliphatic rings. The van der Waals surface area contributed by atoms with E-state index in [1.165, 1.54) is 4.31 Å². The molecular formula is C14H28N4O2S. The summed E-state index contributed by atoms with van der Waals surface area (Å²) in [6.45, 7) is 9.76. The third kappa shape index (κ3) is 4.52. The summed E-state index contributed by atoms with van der Waals surface area (Å²) in [6.07, 6.45) is 1.95. The van der Waals surface area contributed by atoms with Crippen LogP contribution in [0.25, 0.3) is 0 Å². The number of H-pyrrole nitrogens is 1. The van der Waals surface area contributed by atoms with E-state index in [1.807, 2.05) is 0 Å². The van der Waals surface area contributed by atoms with Gasteiger partial charge in [0.2, 0.25) is 10.0 Å². The molecule has 0 saturated heterocycles. The summed E-state index contributed by atoms with van der Waals surface area (Å²) in [6, 6.07) is 0. The molecule has 0 amide bonds. The molecule has 6 nitrogen and oxygen atoms in total. The summed E-state index contributed by atoms with van der Waals surface area (Å²) in [5, 5.41) is 10.1. The van der Waals surface area contributed by atoms with E-state index in [0.717, 1.165) is 19.4 Å². The summed E-state index contributed by atoms with van der Waals surface area (Å²) in [4.78, 5) is 0.317. The Kier molecular flexibility index (Phi) is 6.83. The van der Waals surface area contributed by atoms with Gasteiger partial charge in [0, 0.05) is 20.1 Å². The number of aromatic amines is 1. The molecule has 21 heavy (non-hydrogen) atoms. The van der Waals surface area contributed by atoms with Crippen molar-refractivity contribution in [3.8, 4) is 0 Å². The maximum absolute atomic E-state index is 12.8. The van der Waals surface area contributed by atoms with Crippen LogP contribution in [0.15, 0.2) is 4.90 Å². The molecule has 0 bridgehead atoms. The van der Waals surface area contributed by atoms with E-state index in [9.17, 15) is 8.42 Å². The lowest BCUT2D eigenvalue weighted by molar-refractivity contribution is 0.393. The Morgan fingerprint density at radius 1 is 1.38 bits per heavy atom. The van der Waals surface area contributed by atoms with Crippen molar-refractivity contribution in [2.45, 2.75) is 52.0 Å². The zero-order valence-corrected chi connectivity index (χ0v) is 14.5. The van der Waals surface area contributed by atoms with E-state index in [0.29, 0.717) is 35.3 Å². The maximum Gasteiger partial charge on any atom is 0.246 e. The predicted molar refractivity (Wildman–Crippen MR) is 84.6 cm³/mol. The molecule has 0 aromatic carbocycles. The highest BCUT2D eigenvalue weighted by molar-refractivity contribution is 7.89. The highest BCUT2D eigenvalue weighted by Gasteiger charge is 2.28. The molecular weight excluding hydrogens is 288 g/mol. The molecule has 122 valence electrons. The summed E-state index contributed by atoms with van der Waals surface area (Å²) in [7, 11) is -1.86. The maximum atomic E-state index is 12.8. The van der Waals surface area contributed by atoms with Gasteiger partial charge in [0.25, 0.3) is 0 Å². The molecule has 1 aromatic heterocycles. The Balaban J connectivity index is 2.99. The van der Waals surface area contributed by atoms with Crippen LogP contribution in [-0.4, -0.2) is 43.1 Å². The van der Waals surface area contributed by atoms with Crippen LogP contribution in [0.1, 0.15) is 45.0 Å². The average molecular weight is 316 g/mol. The topological polar surface area (TPSA) is 78.1 Å². The van der Waals surface area contributed by atoms with E-state index in [2.05, 4.69) is 36.3 Å². The van der Waals surface area contributed by atoms with Gasteiger partial charge in [0.1, 0.15) is 4.90 Å². The molecule has 1 heterocycles. The number of sulfonamides is 1. The Morgan fingerprint density at radius 3 is 2.62 bits per heavy atom. The second-order valence-corrected chi connectivity index (χ2v) is 7.58. The first-order valence-electron chi connectivity index (χ1n) is 7.55. The standard InChI is InChI=1S/C14H28N4O2S/c1-6-8-15-9-13-14(12(4)16-17-13)21(19,20)18(5)10-11(3)7-2/h11,15H,6-10H2,1-5H3,(H,16,17). The van der Waals surface area contributed by atoms with Crippen molar-refractivity contribution < 1.29 is 8.42 Å². The van der Waals surface area contributed by atoms with Crippen molar-refractivity contribution in [3.63, 3.8) is 0 Å². The minimum atomic E-state index is -3.50. The van der Waals surface area contributed by atoms with Crippen molar-refractivity contribution in [2.75, 3.05) is 20.1 Å². The van der Waals surface area contributed by atoms with Crippen LogP contribution in [0, 0.1) is 12.8 Å². The van der Waals surface area contributed by atoms with E-state index in [4.69, 9.17) is 0 Å². The first-order chi connectivity index (χ1) is 9.84. The third-order valence-corrected chi connectivity index (χ3v) is 5.64. The van der Waals surface area contributed by atoms with Crippen LogP contribution in [0.5, 0.6) is 0 Å². The summed E-state index contributed by atoms with van der Waals surface area (Å²) in [5.74, 6) is 0.332. The number of nitrogens with zero attached hydrogens (tertiary/aromatic N) is 2. The summed E-state index contributed by atoms with van der Waals surface area (Å²) in [5.41, 5.74) is 1.16. The fourth-order valence-electron chi connectivity index (χ4n) is 2.14. The molecule has 1 unspecified atom stereocenters. The van der Waals surface area contributed by atoms with Gasteiger partial charge < -0.3 is 5.32 Å². The monoisotopic (exact) mass is 316 g/mol. The van der Waals surface area contributed by atoms with E-state index in [1.54, 1.807) is 14.0 Å². The van der Waals surface area contributed by atoms with Crippen LogP contribution in [0.3, 0.4) is 0 Å². The Bertz CT molecular complexity index is 539. The highest BCUT2D eigenvalue weighted by Crippen LogP contribution is 2.22. The zero-order valence-electron chi connectivity index (χ0n) is 13.7. The Morgan fingerprint density at radius 2 is 2.05 bits per heavy atom. The van der Waals surface area contributed by atoms with Gasteiger partial charge in [-0.15, -0.1) is 0 Å². The molecule has 0 aliphatic carbocycles. The van der Waals surface area contributed by atoms with Gasteiger partial charge in [0.05, 0.1) is 11.4 Å². The first kappa shape index (κ1) is 18.1.